The van der Waals surface area contributed by atoms with E-state index in [1.54, 1.807) is 0 Å². The summed E-state index contributed by atoms with van der Waals surface area (Å²) in [5.41, 5.74) is 6.89. The Morgan fingerprint density at radius 3 is 1.15 bits per heavy atom. The molecule has 0 spiro atoms. The van der Waals surface area contributed by atoms with Gasteiger partial charge in [0.15, 0.2) is 0 Å². The zero-order valence-electron chi connectivity index (χ0n) is 29.7. The van der Waals surface area contributed by atoms with E-state index in [4.69, 9.17) is 20.4 Å². The second kappa shape index (κ2) is 16.4. The first-order valence-electron chi connectivity index (χ1n) is 16.2. The van der Waals surface area contributed by atoms with Crippen LogP contribution in [0, 0.1) is 10.1 Å². The van der Waals surface area contributed by atoms with Crippen molar-refractivity contribution in [3.05, 3.63) is 92.3 Å². The Morgan fingerprint density at radius 1 is 0.638 bits per heavy atom. The zero-order chi connectivity index (χ0) is 34.6. The van der Waals surface area contributed by atoms with Gasteiger partial charge in [-0.25, -0.2) is 20.1 Å². The maximum atomic E-state index is 10.3. The summed E-state index contributed by atoms with van der Waals surface area (Å²) in [5.74, 6) is 0.932. The minimum atomic E-state index is -1.09. The van der Waals surface area contributed by atoms with Crippen LogP contribution in [-0.2, 0) is 17.1 Å². The van der Waals surface area contributed by atoms with E-state index in [2.05, 4.69) is 115 Å². The van der Waals surface area contributed by atoms with E-state index in [1.807, 2.05) is 0 Å². The predicted octanol–water partition coefficient (Wildman–Crippen LogP) is 8.24. The number of carbonyl (C=O) groups is 1. The van der Waals surface area contributed by atoms with Gasteiger partial charge < -0.3 is 18.9 Å². The van der Waals surface area contributed by atoms with Crippen molar-refractivity contribution in [3.63, 3.8) is 0 Å². The van der Waals surface area contributed by atoms with Gasteiger partial charge in [0.2, 0.25) is 0 Å². The topological polar surface area (TPSA) is 134 Å². The van der Waals surface area contributed by atoms with Gasteiger partial charge in [0.05, 0.1) is 27.6 Å². The van der Waals surface area contributed by atoms with Crippen LogP contribution >= 0.6 is 0 Å². The number of nitro benzene ring substituents is 1. The largest absolute Gasteiger partial charge is 0.478 e. The molecule has 0 fully saturated rings. The zero-order valence-corrected chi connectivity index (χ0v) is 30.8. The monoisotopic (exact) mass is 687 g/mol. The first kappa shape index (κ1) is 39.5. The second-order valence-corrected chi connectivity index (χ2v) is 13.7. The number of carboxylic acid groups (broad SMARTS) is 1. The van der Waals surface area contributed by atoms with Gasteiger partial charge in [-0.3, -0.25) is 10.1 Å². The molecule has 0 bridgehead atoms. The summed E-state index contributed by atoms with van der Waals surface area (Å²) in [5, 5.41) is 34.1. The van der Waals surface area contributed by atoms with Crippen LogP contribution < -0.4 is 0 Å². The molecule has 0 aliphatic heterocycles. The number of benzene rings is 1. The van der Waals surface area contributed by atoms with E-state index in [-0.39, 0.29) is 35.4 Å². The number of aromatic nitrogens is 6. The Balaban J connectivity index is 0.000000498. The number of nitro groups is 1. The van der Waals surface area contributed by atoms with Gasteiger partial charge in [0.1, 0.15) is 0 Å². The molecule has 0 saturated carbocycles. The molecule has 0 aliphatic carbocycles. The van der Waals surface area contributed by atoms with E-state index in [9.17, 15) is 14.9 Å². The number of carboxylic acids is 1. The molecule has 3 heterocycles. The van der Waals surface area contributed by atoms with E-state index < -0.39 is 10.9 Å². The quantitative estimate of drug-likeness (QED) is 0.0954. The number of aromatic carboxylic acids is 1. The molecule has 47 heavy (non-hydrogen) atoms. The third kappa shape index (κ3) is 9.23. The minimum Gasteiger partial charge on any atom is -0.478 e. The SMILES string of the molecule is CC(C)c1cc(C(C)C)n([B-](n2nc(C(C)C)cc2C(C)C)n2nc(C(C)C)cc2C(C)C)n1.O=C(O)c1ccc([N+](=O)[O-])cc1.[Fe]. The standard InChI is InChI=1S/C27H45BN6.C7H5NO4.Fe/c1-16(2)22-13-25(19(7)8)32(29-22)28(33-26(20(9)10)14-23(30-33)17(3)4)34-27(21(11)12)15-24(31-34)18(5)6;9-7(10)5-1-3-6(4-2-5)8(11)12;/h13-21H,1-12H3;1-4H,(H,9,10);/q-1;;. The fourth-order valence-electron chi connectivity index (χ4n) is 5.02. The maximum absolute atomic E-state index is 10.3. The van der Waals surface area contributed by atoms with Crippen LogP contribution in [0.25, 0.3) is 0 Å². The Bertz CT molecular complexity index is 1460. The number of hydrogen-bond acceptors (Lipinski definition) is 6. The number of hydrogen-bond donors (Lipinski definition) is 1. The first-order valence-corrected chi connectivity index (χ1v) is 16.2. The van der Waals surface area contributed by atoms with Crippen molar-refractivity contribution in [2.45, 2.75) is 119 Å². The summed E-state index contributed by atoms with van der Waals surface area (Å²) in [6.45, 7) is 26.7. The number of rotatable bonds is 11. The summed E-state index contributed by atoms with van der Waals surface area (Å²) in [6, 6.07) is 11.5. The Morgan fingerprint density at radius 2 is 0.936 bits per heavy atom. The Labute approximate surface area is 289 Å². The number of non-ortho nitro benzene ring substituents is 1. The van der Waals surface area contributed by atoms with Crippen molar-refractivity contribution < 1.29 is 31.9 Å². The fourth-order valence-corrected chi connectivity index (χ4v) is 5.02. The van der Waals surface area contributed by atoms with Gasteiger partial charge in [-0.2, -0.15) is 0 Å². The Hall–Kier alpha value is -3.70. The molecule has 3 aromatic heterocycles. The maximum Gasteiger partial charge on any atom is 0.335 e. The second-order valence-electron chi connectivity index (χ2n) is 13.7. The van der Waals surface area contributed by atoms with Gasteiger partial charge in [0.25, 0.3) is 12.8 Å². The van der Waals surface area contributed by atoms with Gasteiger partial charge in [-0.05, 0) is 82.9 Å². The molecule has 0 unspecified atom stereocenters. The van der Waals surface area contributed by atoms with Crippen molar-refractivity contribution in [2.75, 3.05) is 0 Å². The average Bonchev–Trinajstić information content (AvgIpc) is 3.72. The molecule has 0 atom stereocenters. The molecule has 0 amide bonds. The summed E-state index contributed by atoms with van der Waals surface area (Å²) < 4.78 is 6.56. The summed E-state index contributed by atoms with van der Waals surface area (Å²) in [4.78, 5) is 19.9. The van der Waals surface area contributed by atoms with E-state index in [0.29, 0.717) is 35.5 Å². The van der Waals surface area contributed by atoms with E-state index in [0.717, 1.165) is 29.2 Å². The fraction of sp³-hybridized carbons (Fsp3) is 0.529. The molecule has 257 valence electrons. The van der Waals surface area contributed by atoms with Crippen molar-refractivity contribution in [1.82, 2.24) is 29.1 Å². The molecule has 4 aromatic rings. The molecule has 0 aliphatic rings. The predicted molar refractivity (Wildman–Crippen MR) is 183 cm³/mol. The number of nitrogens with zero attached hydrogens (tertiary/aromatic N) is 7. The summed E-state index contributed by atoms with van der Waals surface area (Å²) >= 11 is 0. The third-order valence-corrected chi connectivity index (χ3v) is 7.88. The smallest absolute Gasteiger partial charge is 0.335 e. The van der Waals surface area contributed by atoms with Gasteiger partial charge in [-0.1, -0.05) is 83.1 Å². The van der Waals surface area contributed by atoms with Gasteiger partial charge in [0, 0.05) is 29.2 Å². The third-order valence-electron chi connectivity index (χ3n) is 7.88. The molecule has 11 nitrogen and oxygen atoms in total. The van der Waals surface area contributed by atoms with Gasteiger partial charge in [-0.15, -0.1) is 0 Å². The minimum absolute atomic E-state index is 0. The van der Waals surface area contributed by atoms with Crippen LogP contribution in [0.2, 0.25) is 0 Å². The van der Waals surface area contributed by atoms with Crippen molar-refractivity contribution in [1.29, 1.82) is 0 Å². The van der Waals surface area contributed by atoms with Crippen LogP contribution in [0.1, 0.15) is 163 Å². The molecule has 4 rings (SSSR count). The van der Waals surface area contributed by atoms with Crippen LogP contribution in [0.5, 0.6) is 0 Å². The average molecular weight is 687 g/mol. The van der Waals surface area contributed by atoms with Crippen molar-refractivity contribution in [2.24, 2.45) is 0 Å². The Kier molecular flexibility index (Phi) is 13.8. The molecular weight excluding hydrogens is 637 g/mol. The molecule has 1 radical (unpaired) electrons. The van der Waals surface area contributed by atoms with Crippen LogP contribution in [-0.4, -0.2) is 52.2 Å². The van der Waals surface area contributed by atoms with E-state index >= 15 is 0 Å². The summed E-state index contributed by atoms with van der Waals surface area (Å²) in [7, 11) is -0.292. The molecular formula is C34H50BFeN7O4-. The molecule has 0 saturated heterocycles. The van der Waals surface area contributed by atoms with Crippen LogP contribution in [0.4, 0.5) is 5.69 Å². The van der Waals surface area contributed by atoms with E-state index in [1.165, 1.54) is 29.2 Å². The first-order chi connectivity index (χ1) is 21.4. The van der Waals surface area contributed by atoms with Crippen molar-refractivity contribution in [3.8, 4) is 0 Å². The van der Waals surface area contributed by atoms with Gasteiger partial charge >= 0.3 is 5.97 Å². The van der Waals surface area contributed by atoms with Crippen molar-refractivity contribution >= 4 is 18.8 Å². The molecule has 13 heteroatoms. The van der Waals surface area contributed by atoms with Crippen LogP contribution in [0.15, 0.2) is 42.5 Å². The molecule has 1 N–H and O–H groups in total. The molecule has 1 aromatic carbocycles. The normalized spacial score (nSPS) is 11.6. The summed E-state index contributed by atoms with van der Waals surface area (Å²) in [6.07, 6.45) is 0. The van der Waals surface area contributed by atoms with Crippen LogP contribution in [0.3, 0.4) is 0 Å².